The average Bonchev–Trinajstić information content (AvgIpc) is 2.55. The number of halogens is 1. The van der Waals surface area contributed by atoms with E-state index < -0.39 is 5.91 Å². The molecule has 126 valence electrons. The lowest BCUT2D eigenvalue weighted by Crippen LogP contribution is -2.35. The zero-order valence-corrected chi connectivity index (χ0v) is 14.2. The maximum atomic E-state index is 13.1. The predicted octanol–water partition coefficient (Wildman–Crippen LogP) is 3.13. The second-order valence-electron chi connectivity index (χ2n) is 5.29. The van der Waals surface area contributed by atoms with E-state index >= 15 is 0 Å². The van der Waals surface area contributed by atoms with Crippen molar-refractivity contribution in [3.05, 3.63) is 59.9 Å². The molecule has 0 aliphatic rings. The second kappa shape index (κ2) is 8.49. The Morgan fingerprint density at radius 1 is 1.12 bits per heavy atom. The van der Waals surface area contributed by atoms with E-state index in [1.54, 1.807) is 0 Å². The van der Waals surface area contributed by atoms with Gasteiger partial charge in [-0.3, -0.25) is 9.59 Å². The molecule has 4 nitrogen and oxygen atoms in total. The van der Waals surface area contributed by atoms with Crippen LogP contribution in [0.25, 0.3) is 0 Å². The quantitative estimate of drug-likeness (QED) is 0.784. The fraction of sp³-hybridized carbons (Fsp3) is 0.222. The fourth-order valence-electron chi connectivity index (χ4n) is 2.18. The number of rotatable bonds is 7. The zero-order valence-electron chi connectivity index (χ0n) is 13.4. The van der Waals surface area contributed by atoms with E-state index in [2.05, 4.69) is 0 Å². The van der Waals surface area contributed by atoms with Gasteiger partial charge in [-0.1, -0.05) is 18.2 Å². The summed E-state index contributed by atoms with van der Waals surface area (Å²) in [6.45, 7) is 2.16. The predicted molar refractivity (Wildman–Crippen MR) is 94.5 cm³/mol. The van der Waals surface area contributed by atoms with Gasteiger partial charge < -0.3 is 10.6 Å². The van der Waals surface area contributed by atoms with Gasteiger partial charge in [-0.15, -0.1) is 11.8 Å². The van der Waals surface area contributed by atoms with Crippen LogP contribution in [0.2, 0.25) is 0 Å². The topological polar surface area (TPSA) is 63.4 Å². The Morgan fingerprint density at radius 2 is 1.79 bits per heavy atom. The third-order valence-electron chi connectivity index (χ3n) is 3.47. The number of nitrogens with zero attached hydrogens (tertiary/aromatic N) is 1. The van der Waals surface area contributed by atoms with Crippen LogP contribution in [-0.2, 0) is 9.59 Å². The highest BCUT2D eigenvalue weighted by Crippen LogP contribution is 2.23. The molecule has 6 heteroatoms. The second-order valence-corrected chi connectivity index (χ2v) is 6.31. The first-order chi connectivity index (χ1) is 11.5. The van der Waals surface area contributed by atoms with E-state index in [4.69, 9.17) is 5.73 Å². The van der Waals surface area contributed by atoms with Gasteiger partial charge in [-0.25, -0.2) is 4.39 Å². The van der Waals surface area contributed by atoms with Crippen LogP contribution in [0.4, 0.5) is 10.1 Å². The monoisotopic (exact) mass is 346 g/mol. The van der Waals surface area contributed by atoms with Crippen molar-refractivity contribution in [1.29, 1.82) is 0 Å². The van der Waals surface area contributed by atoms with Gasteiger partial charge in [0.15, 0.2) is 0 Å². The molecule has 0 aliphatic heterocycles. The highest BCUT2D eigenvalue weighted by Gasteiger charge is 2.17. The number of hydrogen-bond acceptors (Lipinski definition) is 3. The van der Waals surface area contributed by atoms with Crippen LogP contribution in [0.1, 0.15) is 12.0 Å². The van der Waals surface area contributed by atoms with Gasteiger partial charge in [0.05, 0.1) is 5.75 Å². The Labute approximate surface area is 144 Å². The first kappa shape index (κ1) is 18.0. The van der Waals surface area contributed by atoms with Gasteiger partial charge in [0, 0.05) is 23.5 Å². The zero-order chi connectivity index (χ0) is 17.5. The molecule has 2 N–H and O–H groups in total. The summed E-state index contributed by atoms with van der Waals surface area (Å²) in [6, 6.07) is 13.4. The third kappa shape index (κ3) is 5.09. The van der Waals surface area contributed by atoms with Gasteiger partial charge in [0.25, 0.3) is 0 Å². The van der Waals surface area contributed by atoms with Gasteiger partial charge >= 0.3 is 0 Å². The molecule has 2 rings (SSSR count). The van der Waals surface area contributed by atoms with Crippen LogP contribution in [0, 0.1) is 12.7 Å². The van der Waals surface area contributed by atoms with Crippen LogP contribution >= 0.6 is 11.8 Å². The summed E-state index contributed by atoms with van der Waals surface area (Å²) in [5.41, 5.74) is 6.83. The lowest BCUT2D eigenvalue weighted by molar-refractivity contribution is -0.118. The van der Waals surface area contributed by atoms with Crippen molar-refractivity contribution in [3.63, 3.8) is 0 Å². The van der Waals surface area contributed by atoms with Crippen molar-refractivity contribution < 1.29 is 14.0 Å². The molecule has 0 aliphatic carbocycles. The van der Waals surface area contributed by atoms with Crippen LogP contribution in [0.3, 0.4) is 0 Å². The number of primary amides is 1. The minimum atomic E-state index is -0.485. The van der Waals surface area contributed by atoms with E-state index in [1.165, 1.54) is 40.9 Å². The van der Waals surface area contributed by atoms with Crippen molar-refractivity contribution in [2.75, 3.05) is 17.2 Å². The molecule has 0 atom stereocenters. The summed E-state index contributed by atoms with van der Waals surface area (Å²) >= 11 is 1.43. The Morgan fingerprint density at radius 3 is 2.42 bits per heavy atom. The van der Waals surface area contributed by atoms with Crippen molar-refractivity contribution in [2.24, 2.45) is 5.73 Å². The number of aryl methyl sites for hydroxylation is 1. The molecule has 2 amide bonds. The average molecular weight is 346 g/mol. The van der Waals surface area contributed by atoms with E-state index in [1.807, 2.05) is 31.2 Å². The summed E-state index contributed by atoms with van der Waals surface area (Å²) in [5.74, 6) is -0.797. The summed E-state index contributed by atoms with van der Waals surface area (Å²) in [5, 5.41) is 0. The molecular weight excluding hydrogens is 327 g/mol. The van der Waals surface area contributed by atoms with Crippen molar-refractivity contribution in [1.82, 2.24) is 0 Å². The smallest absolute Gasteiger partial charge is 0.237 e. The number of anilines is 1. The van der Waals surface area contributed by atoms with Crippen molar-refractivity contribution >= 4 is 29.3 Å². The third-order valence-corrected chi connectivity index (χ3v) is 4.63. The van der Waals surface area contributed by atoms with E-state index in [0.717, 1.165) is 10.5 Å². The highest BCUT2D eigenvalue weighted by atomic mass is 32.2. The van der Waals surface area contributed by atoms with Crippen molar-refractivity contribution in [2.45, 2.75) is 18.2 Å². The Kier molecular flexibility index (Phi) is 6.37. The maximum Gasteiger partial charge on any atom is 0.237 e. The molecule has 0 saturated carbocycles. The number of carbonyl (C=O) groups excluding carboxylic acids is 2. The Balaban J connectivity index is 2.10. The largest absolute Gasteiger partial charge is 0.370 e. The molecule has 24 heavy (non-hydrogen) atoms. The first-order valence-electron chi connectivity index (χ1n) is 7.50. The number of nitrogens with two attached hydrogens (primary N) is 1. The minimum absolute atomic E-state index is 0.0537. The van der Waals surface area contributed by atoms with Crippen molar-refractivity contribution in [3.8, 4) is 0 Å². The number of benzene rings is 2. The number of carbonyl (C=O) groups is 2. The summed E-state index contributed by atoms with van der Waals surface area (Å²) in [7, 11) is 0. The number of amides is 2. The molecule has 2 aromatic rings. The standard InChI is InChI=1S/C18H19FN2O2S/c1-13-4-2-3-5-16(13)24-12-18(23)21(11-10-17(20)22)15-8-6-14(19)7-9-15/h2-9H,10-12H2,1H3,(H2,20,22). The molecule has 2 aromatic carbocycles. The molecule has 0 spiro atoms. The van der Waals surface area contributed by atoms with Crippen LogP contribution in [0.5, 0.6) is 0 Å². The maximum absolute atomic E-state index is 13.1. The summed E-state index contributed by atoms with van der Waals surface area (Å²) in [6.07, 6.45) is 0.0537. The first-order valence-corrected chi connectivity index (χ1v) is 8.48. The molecule has 0 unspecified atom stereocenters. The van der Waals surface area contributed by atoms with Gasteiger partial charge in [0.1, 0.15) is 5.82 Å². The summed E-state index contributed by atoms with van der Waals surface area (Å²) < 4.78 is 13.1. The highest BCUT2D eigenvalue weighted by molar-refractivity contribution is 8.00. The molecule has 0 radical (unpaired) electrons. The molecule has 0 bridgehead atoms. The normalized spacial score (nSPS) is 10.4. The van der Waals surface area contributed by atoms with Gasteiger partial charge in [-0.05, 0) is 42.8 Å². The Bertz CT molecular complexity index is 719. The van der Waals surface area contributed by atoms with Gasteiger partial charge in [0.2, 0.25) is 11.8 Å². The van der Waals surface area contributed by atoms with Crippen LogP contribution < -0.4 is 10.6 Å². The van der Waals surface area contributed by atoms with E-state index in [9.17, 15) is 14.0 Å². The molecule has 0 saturated heterocycles. The molecule has 0 fully saturated rings. The molecule has 0 aromatic heterocycles. The van der Waals surface area contributed by atoms with E-state index in [0.29, 0.717) is 5.69 Å². The van der Waals surface area contributed by atoms with Crippen LogP contribution in [-0.4, -0.2) is 24.1 Å². The van der Waals surface area contributed by atoms with Crippen LogP contribution in [0.15, 0.2) is 53.4 Å². The van der Waals surface area contributed by atoms with Gasteiger partial charge in [-0.2, -0.15) is 0 Å². The fourth-order valence-corrected chi connectivity index (χ4v) is 3.08. The minimum Gasteiger partial charge on any atom is -0.370 e. The molecule has 0 heterocycles. The Hall–Kier alpha value is -2.34. The molecular formula is C18H19FN2O2S. The SMILES string of the molecule is Cc1ccccc1SCC(=O)N(CCC(N)=O)c1ccc(F)cc1. The lowest BCUT2D eigenvalue weighted by atomic mass is 10.2. The lowest BCUT2D eigenvalue weighted by Gasteiger charge is -2.22. The summed E-state index contributed by atoms with van der Waals surface area (Å²) in [4.78, 5) is 26.1. The number of thioether (sulfide) groups is 1. The number of hydrogen-bond donors (Lipinski definition) is 1. The van der Waals surface area contributed by atoms with E-state index in [-0.39, 0.29) is 30.4 Å².